The highest BCUT2D eigenvalue weighted by Gasteiger charge is 2.26. The Morgan fingerprint density at radius 1 is 1.28 bits per heavy atom. The van der Waals surface area contributed by atoms with Gasteiger partial charge in [0.25, 0.3) is 0 Å². The molecule has 18 heavy (non-hydrogen) atoms. The second kappa shape index (κ2) is 9.16. The predicted molar refractivity (Wildman–Crippen MR) is 62.3 cm³/mol. The second-order valence-corrected chi connectivity index (χ2v) is 4.03. The number of carbonyl (C=O) groups excluding carboxylic acids is 1. The lowest BCUT2D eigenvalue weighted by Gasteiger charge is -2.14. The molecular formula is C11H21F3N2O2. The third-order valence-corrected chi connectivity index (χ3v) is 2.31. The van der Waals surface area contributed by atoms with Gasteiger partial charge in [-0.2, -0.15) is 13.2 Å². The Kier molecular flexibility index (Phi) is 8.74. The van der Waals surface area contributed by atoms with Crippen molar-refractivity contribution in [3.05, 3.63) is 0 Å². The molecule has 0 saturated carbocycles. The lowest BCUT2D eigenvalue weighted by molar-refractivity contribution is -0.135. The van der Waals surface area contributed by atoms with Crippen LogP contribution in [0.25, 0.3) is 0 Å². The van der Waals surface area contributed by atoms with Gasteiger partial charge >= 0.3 is 6.18 Å². The molecule has 0 aliphatic rings. The van der Waals surface area contributed by atoms with Crippen LogP contribution in [-0.4, -0.2) is 44.9 Å². The van der Waals surface area contributed by atoms with Crippen LogP contribution in [0.5, 0.6) is 0 Å². The van der Waals surface area contributed by atoms with E-state index in [1.807, 2.05) is 0 Å². The van der Waals surface area contributed by atoms with E-state index >= 15 is 0 Å². The van der Waals surface area contributed by atoms with E-state index in [2.05, 4.69) is 10.6 Å². The SMILES string of the molecule is COCCCNC(=O)C(C)NCCCC(F)(F)F. The fourth-order valence-electron chi connectivity index (χ4n) is 1.28. The summed E-state index contributed by atoms with van der Waals surface area (Å²) in [6, 6.07) is -0.485. The third kappa shape index (κ3) is 10.3. The summed E-state index contributed by atoms with van der Waals surface area (Å²) in [6.45, 7) is 2.86. The first kappa shape index (κ1) is 17.2. The lowest BCUT2D eigenvalue weighted by atomic mass is 10.2. The summed E-state index contributed by atoms with van der Waals surface area (Å²) in [4.78, 5) is 11.5. The van der Waals surface area contributed by atoms with Crippen molar-refractivity contribution in [1.82, 2.24) is 10.6 Å². The molecule has 0 fully saturated rings. The summed E-state index contributed by atoms with van der Waals surface area (Å²) in [7, 11) is 1.58. The number of hydrogen-bond donors (Lipinski definition) is 2. The van der Waals surface area contributed by atoms with Gasteiger partial charge in [-0.25, -0.2) is 0 Å². The maximum atomic E-state index is 11.9. The van der Waals surface area contributed by atoms with Gasteiger partial charge in [0.05, 0.1) is 6.04 Å². The van der Waals surface area contributed by atoms with E-state index in [4.69, 9.17) is 4.74 Å². The molecule has 0 aliphatic heterocycles. The van der Waals surface area contributed by atoms with Gasteiger partial charge in [0.2, 0.25) is 5.91 Å². The topological polar surface area (TPSA) is 50.4 Å². The van der Waals surface area contributed by atoms with Gasteiger partial charge in [0.1, 0.15) is 0 Å². The number of amides is 1. The van der Waals surface area contributed by atoms with Crippen molar-refractivity contribution in [2.24, 2.45) is 0 Å². The number of alkyl halides is 3. The van der Waals surface area contributed by atoms with Crippen LogP contribution < -0.4 is 10.6 Å². The predicted octanol–water partition coefficient (Wildman–Crippen LogP) is 1.46. The summed E-state index contributed by atoms with van der Waals surface area (Å²) in [5.41, 5.74) is 0. The van der Waals surface area contributed by atoms with Gasteiger partial charge in [0, 0.05) is 26.7 Å². The number of halogens is 3. The summed E-state index contributed by atoms with van der Waals surface area (Å²) in [5.74, 6) is -0.210. The minimum Gasteiger partial charge on any atom is -0.385 e. The molecule has 0 heterocycles. The minimum absolute atomic E-state index is 0.0230. The Balaban J connectivity index is 3.56. The van der Waals surface area contributed by atoms with Crippen LogP contribution in [0.15, 0.2) is 0 Å². The maximum Gasteiger partial charge on any atom is 0.389 e. The molecule has 0 saturated heterocycles. The molecule has 0 aromatic rings. The highest BCUT2D eigenvalue weighted by atomic mass is 19.4. The van der Waals surface area contributed by atoms with Gasteiger partial charge in [-0.1, -0.05) is 0 Å². The van der Waals surface area contributed by atoms with Gasteiger partial charge in [-0.15, -0.1) is 0 Å². The molecule has 7 heteroatoms. The fraction of sp³-hybridized carbons (Fsp3) is 0.909. The van der Waals surface area contributed by atoms with Crippen molar-refractivity contribution in [3.63, 3.8) is 0 Å². The van der Waals surface area contributed by atoms with Crippen LogP contribution in [-0.2, 0) is 9.53 Å². The lowest BCUT2D eigenvalue weighted by Crippen LogP contribution is -2.43. The van der Waals surface area contributed by atoms with Crippen LogP contribution >= 0.6 is 0 Å². The van der Waals surface area contributed by atoms with E-state index in [1.54, 1.807) is 14.0 Å². The molecule has 1 unspecified atom stereocenters. The van der Waals surface area contributed by atoms with E-state index in [0.717, 1.165) is 0 Å². The van der Waals surface area contributed by atoms with Crippen LogP contribution in [0.1, 0.15) is 26.2 Å². The van der Waals surface area contributed by atoms with Crippen molar-refractivity contribution in [1.29, 1.82) is 0 Å². The number of ether oxygens (including phenoxy) is 1. The molecule has 0 aromatic heterocycles. The first-order valence-electron chi connectivity index (χ1n) is 5.93. The van der Waals surface area contributed by atoms with E-state index in [-0.39, 0.29) is 18.9 Å². The average molecular weight is 270 g/mol. The molecule has 0 radical (unpaired) electrons. The Labute approximate surface area is 105 Å². The minimum atomic E-state index is -4.13. The largest absolute Gasteiger partial charge is 0.389 e. The molecule has 2 N–H and O–H groups in total. The molecule has 0 rings (SSSR count). The summed E-state index contributed by atoms with van der Waals surface area (Å²) < 4.78 is 40.4. The van der Waals surface area contributed by atoms with Crippen molar-refractivity contribution in [3.8, 4) is 0 Å². The fourth-order valence-corrected chi connectivity index (χ4v) is 1.28. The highest BCUT2D eigenvalue weighted by molar-refractivity contribution is 5.81. The van der Waals surface area contributed by atoms with Crippen LogP contribution in [0.4, 0.5) is 13.2 Å². The number of methoxy groups -OCH3 is 1. The van der Waals surface area contributed by atoms with E-state index in [1.165, 1.54) is 0 Å². The number of carbonyl (C=O) groups is 1. The van der Waals surface area contributed by atoms with Crippen molar-refractivity contribution < 1.29 is 22.7 Å². The van der Waals surface area contributed by atoms with Gasteiger partial charge in [0.15, 0.2) is 0 Å². The molecule has 108 valence electrons. The molecule has 1 amide bonds. The Morgan fingerprint density at radius 3 is 2.50 bits per heavy atom. The van der Waals surface area contributed by atoms with Crippen molar-refractivity contribution in [2.45, 2.75) is 38.4 Å². The van der Waals surface area contributed by atoms with Gasteiger partial charge < -0.3 is 15.4 Å². The standard InChI is InChI=1S/C11H21F3N2O2/c1-9(10(17)16-7-4-8-18-2)15-6-3-5-11(12,13)14/h9,15H,3-8H2,1-2H3,(H,16,17). The summed E-state index contributed by atoms with van der Waals surface area (Å²) in [5, 5.41) is 5.42. The third-order valence-electron chi connectivity index (χ3n) is 2.31. The zero-order valence-electron chi connectivity index (χ0n) is 10.8. The maximum absolute atomic E-state index is 11.9. The average Bonchev–Trinajstić information content (AvgIpc) is 2.28. The monoisotopic (exact) mass is 270 g/mol. The van der Waals surface area contributed by atoms with Crippen molar-refractivity contribution in [2.75, 3.05) is 26.8 Å². The van der Waals surface area contributed by atoms with E-state index in [0.29, 0.717) is 19.6 Å². The molecule has 4 nitrogen and oxygen atoms in total. The zero-order valence-corrected chi connectivity index (χ0v) is 10.8. The van der Waals surface area contributed by atoms with Gasteiger partial charge in [-0.3, -0.25) is 4.79 Å². The van der Waals surface area contributed by atoms with Crippen molar-refractivity contribution >= 4 is 5.91 Å². The second-order valence-electron chi connectivity index (χ2n) is 4.03. The zero-order chi connectivity index (χ0) is 14.0. The Bertz CT molecular complexity index is 235. The molecular weight excluding hydrogens is 249 g/mol. The molecule has 0 spiro atoms. The summed E-state index contributed by atoms with van der Waals surface area (Å²) in [6.07, 6.45) is -4.27. The van der Waals surface area contributed by atoms with E-state index < -0.39 is 18.6 Å². The first-order chi connectivity index (χ1) is 8.37. The smallest absolute Gasteiger partial charge is 0.385 e. The van der Waals surface area contributed by atoms with Crippen LogP contribution in [0.3, 0.4) is 0 Å². The molecule has 0 aliphatic carbocycles. The number of nitrogens with one attached hydrogen (secondary N) is 2. The Hall–Kier alpha value is -0.820. The number of hydrogen-bond acceptors (Lipinski definition) is 3. The van der Waals surface area contributed by atoms with Gasteiger partial charge in [-0.05, 0) is 26.3 Å². The number of rotatable bonds is 9. The molecule has 0 aromatic carbocycles. The van der Waals surface area contributed by atoms with Crippen LogP contribution in [0, 0.1) is 0 Å². The first-order valence-corrected chi connectivity index (χ1v) is 5.93. The molecule has 1 atom stereocenters. The van der Waals surface area contributed by atoms with E-state index in [9.17, 15) is 18.0 Å². The normalized spacial score (nSPS) is 13.4. The van der Waals surface area contributed by atoms with Crippen LogP contribution in [0.2, 0.25) is 0 Å². The Morgan fingerprint density at radius 2 is 1.94 bits per heavy atom. The molecule has 0 bridgehead atoms. The quantitative estimate of drug-likeness (QED) is 0.624. The highest BCUT2D eigenvalue weighted by Crippen LogP contribution is 2.20. The summed E-state index contributed by atoms with van der Waals surface area (Å²) >= 11 is 0.